The molecule has 0 radical (unpaired) electrons. The van der Waals surface area contributed by atoms with Gasteiger partial charge in [-0.1, -0.05) is 23.7 Å². The quantitative estimate of drug-likeness (QED) is 0.908. The van der Waals surface area contributed by atoms with Crippen molar-refractivity contribution < 1.29 is 9.84 Å². The highest BCUT2D eigenvalue weighted by atomic mass is 35.5. The van der Waals surface area contributed by atoms with E-state index in [0.29, 0.717) is 16.9 Å². The molecule has 1 heterocycles. The molecule has 0 bridgehead atoms. The summed E-state index contributed by atoms with van der Waals surface area (Å²) in [5, 5.41) is 10.1. The lowest BCUT2D eigenvalue weighted by atomic mass is 10.3. The first kappa shape index (κ1) is 11.8. The van der Waals surface area contributed by atoms with E-state index in [-0.39, 0.29) is 11.8 Å². The van der Waals surface area contributed by atoms with Crippen molar-refractivity contribution in [2.75, 3.05) is 0 Å². The van der Waals surface area contributed by atoms with Crippen molar-refractivity contribution in [3.63, 3.8) is 0 Å². The number of ether oxygens (including phenoxy) is 1. The molecule has 4 nitrogen and oxygen atoms in total. The van der Waals surface area contributed by atoms with Crippen LogP contribution in [-0.4, -0.2) is 14.7 Å². The first-order chi connectivity index (χ1) is 8.09. The van der Waals surface area contributed by atoms with E-state index < -0.39 is 0 Å². The second kappa shape index (κ2) is 4.67. The molecule has 0 aliphatic carbocycles. The Bertz CT molecular complexity index is 523. The fourth-order valence-corrected chi connectivity index (χ4v) is 1.83. The minimum Gasteiger partial charge on any atom is -0.504 e. The highest BCUT2D eigenvalue weighted by molar-refractivity contribution is 6.29. The molecule has 0 aliphatic heterocycles. The second-order valence-corrected chi connectivity index (χ2v) is 4.28. The predicted molar refractivity (Wildman–Crippen MR) is 65.8 cm³/mol. The maximum Gasteiger partial charge on any atom is 0.303 e. The van der Waals surface area contributed by atoms with Crippen LogP contribution in [0.5, 0.6) is 17.5 Å². The van der Waals surface area contributed by atoms with Crippen molar-refractivity contribution in [1.82, 2.24) is 9.55 Å². The highest BCUT2D eigenvalue weighted by Gasteiger charge is 2.14. The van der Waals surface area contributed by atoms with Crippen molar-refractivity contribution in [3.8, 4) is 17.5 Å². The lowest BCUT2D eigenvalue weighted by molar-refractivity contribution is 0.367. The number of hydrogen-bond donors (Lipinski definition) is 1. The van der Waals surface area contributed by atoms with Crippen LogP contribution in [0.2, 0.25) is 5.15 Å². The molecule has 1 aromatic carbocycles. The van der Waals surface area contributed by atoms with Crippen molar-refractivity contribution in [3.05, 3.63) is 35.6 Å². The van der Waals surface area contributed by atoms with Crippen molar-refractivity contribution in [2.24, 2.45) is 0 Å². The number of halogens is 1. The summed E-state index contributed by atoms with van der Waals surface area (Å²) in [7, 11) is 0. The zero-order valence-electron chi connectivity index (χ0n) is 9.59. The number of phenols is 1. The van der Waals surface area contributed by atoms with Crippen molar-refractivity contribution in [2.45, 2.75) is 19.9 Å². The van der Waals surface area contributed by atoms with E-state index in [1.807, 2.05) is 13.8 Å². The Morgan fingerprint density at radius 2 is 2.06 bits per heavy atom. The molecule has 0 unspecified atom stereocenters. The van der Waals surface area contributed by atoms with Gasteiger partial charge in [0.05, 0.1) is 6.20 Å². The van der Waals surface area contributed by atoms with Crippen LogP contribution in [0.15, 0.2) is 30.5 Å². The van der Waals surface area contributed by atoms with Gasteiger partial charge in [-0.3, -0.25) is 4.57 Å². The van der Waals surface area contributed by atoms with E-state index in [0.717, 1.165) is 0 Å². The third-order valence-corrected chi connectivity index (χ3v) is 2.58. The Balaban J connectivity index is 2.34. The van der Waals surface area contributed by atoms with Crippen LogP contribution >= 0.6 is 11.6 Å². The molecule has 0 saturated carbocycles. The minimum atomic E-state index is 0.0712. The van der Waals surface area contributed by atoms with Gasteiger partial charge in [-0.25, -0.2) is 4.98 Å². The molecule has 5 heteroatoms. The lowest BCUT2D eigenvalue weighted by Crippen LogP contribution is -2.03. The Labute approximate surface area is 104 Å². The van der Waals surface area contributed by atoms with Crippen LogP contribution in [0.4, 0.5) is 0 Å². The van der Waals surface area contributed by atoms with Crippen molar-refractivity contribution >= 4 is 11.6 Å². The zero-order chi connectivity index (χ0) is 12.4. The molecule has 90 valence electrons. The standard InChI is InChI=1S/C12H13ClN2O2/c1-8(2)15-11(13)7-14-12(15)17-10-6-4-3-5-9(10)16/h3-8,16H,1-2H3. The number of hydrogen-bond acceptors (Lipinski definition) is 3. The molecule has 17 heavy (non-hydrogen) atoms. The number of imidazole rings is 1. The van der Waals surface area contributed by atoms with Crippen molar-refractivity contribution in [1.29, 1.82) is 0 Å². The molecule has 0 amide bonds. The summed E-state index contributed by atoms with van der Waals surface area (Å²) in [5.41, 5.74) is 0. The molecule has 2 rings (SSSR count). The number of para-hydroxylation sites is 2. The predicted octanol–water partition coefficient (Wildman–Crippen LogP) is 3.62. The van der Waals surface area contributed by atoms with Gasteiger partial charge in [0.25, 0.3) is 0 Å². The first-order valence-electron chi connectivity index (χ1n) is 5.28. The number of aromatic nitrogens is 2. The summed E-state index contributed by atoms with van der Waals surface area (Å²) in [6, 6.07) is 7.23. The van der Waals surface area contributed by atoms with E-state index in [1.54, 1.807) is 28.8 Å². The topological polar surface area (TPSA) is 47.3 Å². The molecule has 2 aromatic rings. The molecule has 0 fully saturated rings. The molecule has 0 saturated heterocycles. The van der Waals surface area contributed by atoms with Crippen LogP contribution in [0, 0.1) is 0 Å². The first-order valence-corrected chi connectivity index (χ1v) is 5.66. The number of nitrogens with zero attached hydrogens (tertiary/aromatic N) is 2. The monoisotopic (exact) mass is 252 g/mol. The number of aromatic hydroxyl groups is 1. The van der Waals surface area contributed by atoms with Gasteiger partial charge >= 0.3 is 6.01 Å². The van der Waals surface area contributed by atoms with E-state index in [9.17, 15) is 5.11 Å². The summed E-state index contributed by atoms with van der Waals surface area (Å²) in [6.07, 6.45) is 1.52. The molecular formula is C12H13ClN2O2. The molecule has 0 aliphatic rings. The molecule has 1 N–H and O–H groups in total. The van der Waals surface area contributed by atoms with Gasteiger partial charge in [0.1, 0.15) is 5.15 Å². The largest absolute Gasteiger partial charge is 0.504 e. The summed E-state index contributed by atoms with van der Waals surface area (Å²) < 4.78 is 7.28. The van der Waals surface area contributed by atoms with Crippen LogP contribution in [0.1, 0.15) is 19.9 Å². The van der Waals surface area contributed by atoms with Gasteiger partial charge in [0.2, 0.25) is 0 Å². The van der Waals surface area contributed by atoms with Gasteiger partial charge in [-0.15, -0.1) is 0 Å². The van der Waals surface area contributed by atoms with Gasteiger partial charge in [-0.05, 0) is 26.0 Å². The van der Waals surface area contributed by atoms with Crippen LogP contribution in [0.25, 0.3) is 0 Å². The van der Waals surface area contributed by atoms with E-state index in [2.05, 4.69) is 4.98 Å². The Hall–Kier alpha value is -1.68. The highest BCUT2D eigenvalue weighted by Crippen LogP contribution is 2.32. The maximum absolute atomic E-state index is 9.61. The number of benzene rings is 1. The fraction of sp³-hybridized carbons (Fsp3) is 0.250. The SMILES string of the molecule is CC(C)n1c(Cl)cnc1Oc1ccccc1O. The fourth-order valence-electron chi connectivity index (χ4n) is 1.51. The molecule has 0 spiro atoms. The Morgan fingerprint density at radius 1 is 1.35 bits per heavy atom. The Morgan fingerprint density at radius 3 is 2.71 bits per heavy atom. The molecule has 0 atom stereocenters. The third kappa shape index (κ3) is 2.36. The van der Waals surface area contributed by atoms with Gasteiger partial charge in [0.15, 0.2) is 11.5 Å². The maximum atomic E-state index is 9.61. The van der Waals surface area contributed by atoms with E-state index >= 15 is 0 Å². The molecule has 1 aromatic heterocycles. The van der Waals surface area contributed by atoms with Crippen LogP contribution in [0.3, 0.4) is 0 Å². The minimum absolute atomic E-state index is 0.0712. The van der Waals surface area contributed by atoms with Gasteiger partial charge < -0.3 is 9.84 Å². The zero-order valence-corrected chi connectivity index (χ0v) is 10.3. The van der Waals surface area contributed by atoms with E-state index in [4.69, 9.17) is 16.3 Å². The second-order valence-electron chi connectivity index (χ2n) is 3.90. The van der Waals surface area contributed by atoms with Crippen LogP contribution in [-0.2, 0) is 0 Å². The normalized spacial score (nSPS) is 10.8. The third-order valence-electron chi connectivity index (χ3n) is 2.30. The summed E-state index contributed by atoms with van der Waals surface area (Å²) in [5.74, 6) is 0.429. The Kier molecular flexibility index (Phi) is 3.24. The molecular weight excluding hydrogens is 240 g/mol. The van der Waals surface area contributed by atoms with Gasteiger partial charge in [-0.2, -0.15) is 0 Å². The average molecular weight is 253 g/mol. The summed E-state index contributed by atoms with van der Waals surface area (Å²) >= 11 is 6.00. The summed E-state index contributed by atoms with van der Waals surface area (Å²) in [4.78, 5) is 4.07. The summed E-state index contributed by atoms with van der Waals surface area (Å²) in [6.45, 7) is 3.95. The average Bonchev–Trinajstić information content (AvgIpc) is 2.63. The van der Waals surface area contributed by atoms with Gasteiger partial charge in [0, 0.05) is 6.04 Å². The van der Waals surface area contributed by atoms with Crippen LogP contribution < -0.4 is 4.74 Å². The smallest absolute Gasteiger partial charge is 0.303 e. The lowest BCUT2D eigenvalue weighted by Gasteiger charge is -2.13. The number of rotatable bonds is 3. The number of phenolic OH excluding ortho intramolecular Hbond substituents is 1. The van der Waals surface area contributed by atoms with E-state index in [1.165, 1.54) is 6.20 Å².